The van der Waals surface area contributed by atoms with Crippen molar-refractivity contribution in [2.45, 2.75) is 19.6 Å². The maximum atomic E-state index is 15.5. The van der Waals surface area contributed by atoms with Gasteiger partial charge in [-0.15, -0.1) is 0 Å². The van der Waals surface area contributed by atoms with E-state index in [2.05, 4.69) is 15.0 Å². The highest BCUT2D eigenvalue weighted by Gasteiger charge is 2.18. The third-order valence-corrected chi connectivity index (χ3v) is 7.35. The normalized spacial score (nSPS) is 11.2. The number of aromatic nitrogens is 4. The summed E-state index contributed by atoms with van der Waals surface area (Å²) >= 11 is 0. The molecule has 6 rings (SSSR count). The average Bonchev–Trinajstić information content (AvgIpc) is 3.40. The molecule has 0 amide bonds. The Balaban J connectivity index is 1.23. The van der Waals surface area contributed by atoms with Crippen LogP contribution in [0.15, 0.2) is 97.2 Å². The summed E-state index contributed by atoms with van der Waals surface area (Å²) in [5.41, 5.74) is 4.26. The first-order valence-corrected chi connectivity index (χ1v) is 14.2. The molecule has 45 heavy (non-hydrogen) atoms. The van der Waals surface area contributed by atoms with Crippen molar-refractivity contribution in [3.8, 4) is 28.4 Å². The van der Waals surface area contributed by atoms with E-state index in [9.17, 15) is 9.90 Å². The number of aromatic carboxylic acids is 1. The van der Waals surface area contributed by atoms with Crippen LogP contribution in [0.25, 0.3) is 33.5 Å². The summed E-state index contributed by atoms with van der Waals surface area (Å²) in [5, 5.41) is 9.43. The number of carboxylic acid groups (broad SMARTS) is 1. The third kappa shape index (κ3) is 6.56. The Hall–Kier alpha value is -5.48. The molecule has 6 aromatic rings. The van der Waals surface area contributed by atoms with Crippen LogP contribution < -0.4 is 4.74 Å². The Labute approximate surface area is 257 Å². The number of nitrogens with zero attached hydrogens (tertiary/aromatic N) is 4. The first-order valence-electron chi connectivity index (χ1n) is 14.2. The molecule has 0 aliphatic rings. The highest BCUT2D eigenvalue weighted by atomic mass is 19.1. The van der Waals surface area contributed by atoms with Crippen LogP contribution >= 0.6 is 0 Å². The van der Waals surface area contributed by atoms with E-state index >= 15 is 8.78 Å². The molecule has 0 unspecified atom stereocenters. The molecule has 0 aliphatic heterocycles. The second kappa shape index (κ2) is 13.0. The van der Waals surface area contributed by atoms with Gasteiger partial charge in [0.05, 0.1) is 34.6 Å². The highest BCUT2D eigenvalue weighted by Crippen LogP contribution is 2.28. The van der Waals surface area contributed by atoms with Gasteiger partial charge < -0.3 is 19.1 Å². The van der Waals surface area contributed by atoms with Crippen LogP contribution in [0.1, 0.15) is 27.3 Å². The van der Waals surface area contributed by atoms with E-state index in [1.807, 2.05) is 42.5 Å². The number of carbonyl (C=O) groups is 1. The second-order valence-electron chi connectivity index (χ2n) is 10.3. The van der Waals surface area contributed by atoms with E-state index in [0.717, 1.165) is 29.0 Å². The fourth-order valence-electron chi connectivity index (χ4n) is 5.12. The molecule has 1 N–H and O–H groups in total. The molecule has 8 nitrogen and oxygen atoms in total. The summed E-state index contributed by atoms with van der Waals surface area (Å²) in [6.07, 6.45) is 1.72. The van der Waals surface area contributed by atoms with Crippen LogP contribution in [-0.4, -0.2) is 44.3 Å². The first kappa shape index (κ1) is 29.6. The van der Waals surface area contributed by atoms with Crippen LogP contribution in [0.2, 0.25) is 0 Å². The maximum Gasteiger partial charge on any atom is 0.335 e. The number of hydrogen-bond donors (Lipinski definition) is 1. The summed E-state index contributed by atoms with van der Waals surface area (Å²) in [5.74, 6) is -1.61. The van der Waals surface area contributed by atoms with Crippen LogP contribution in [-0.2, 0) is 24.3 Å². The molecule has 3 heterocycles. The summed E-state index contributed by atoms with van der Waals surface area (Å²) in [4.78, 5) is 24.9. The van der Waals surface area contributed by atoms with Gasteiger partial charge >= 0.3 is 5.97 Å². The van der Waals surface area contributed by atoms with Gasteiger partial charge in [0.2, 0.25) is 5.88 Å². The lowest BCUT2D eigenvalue weighted by Crippen LogP contribution is -2.10. The lowest BCUT2D eigenvalue weighted by atomic mass is 10.0. The summed E-state index contributed by atoms with van der Waals surface area (Å²) in [6.45, 7) is 0.911. The molecule has 0 fully saturated rings. The quantitative estimate of drug-likeness (QED) is 0.170. The predicted octanol–water partition coefficient (Wildman–Crippen LogP) is 6.95. The number of pyridine rings is 2. The van der Waals surface area contributed by atoms with Crippen molar-refractivity contribution in [1.29, 1.82) is 0 Å². The third-order valence-electron chi connectivity index (χ3n) is 7.35. The number of benzene rings is 3. The van der Waals surface area contributed by atoms with E-state index in [-0.39, 0.29) is 41.3 Å². The number of carboxylic acids is 1. The molecule has 0 aliphatic carbocycles. The number of hydrogen-bond acceptors (Lipinski definition) is 6. The van der Waals surface area contributed by atoms with E-state index < -0.39 is 17.6 Å². The van der Waals surface area contributed by atoms with Crippen molar-refractivity contribution >= 4 is 17.0 Å². The minimum atomic E-state index is -1.07. The van der Waals surface area contributed by atoms with Gasteiger partial charge in [-0.25, -0.2) is 23.5 Å². The first-order chi connectivity index (χ1) is 21.9. The van der Waals surface area contributed by atoms with Gasteiger partial charge in [-0.1, -0.05) is 30.3 Å². The number of imidazole rings is 1. The minimum absolute atomic E-state index is 0.00200. The molecule has 0 radical (unpaired) electrons. The van der Waals surface area contributed by atoms with Crippen LogP contribution in [0, 0.1) is 11.6 Å². The average molecular weight is 607 g/mol. The number of methoxy groups -OCH3 is 1. The van der Waals surface area contributed by atoms with Gasteiger partial charge in [0.15, 0.2) is 0 Å². The van der Waals surface area contributed by atoms with Gasteiger partial charge in [0.25, 0.3) is 0 Å². The van der Waals surface area contributed by atoms with Crippen molar-refractivity contribution in [3.63, 3.8) is 0 Å². The lowest BCUT2D eigenvalue weighted by Gasteiger charge is -2.12. The molecular weight excluding hydrogens is 578 g/mol. The van der Waals surface area contributed by atoms with Gasteiger partial charge in [-0.05, 0) is 65.7 Å². The zero-order chi connectivity index (χ0) is 31.3. The molecule has 0 atom stereocenters. The van der Waals surface area contributed by atoms with E-state index in [1.165, 1.54) is 12.1 Å². The van der Waals surface area contributed by atoms with E-state index in [0.29, 0.717) is 30.0 Å². The smallest absolute Gasteiger partial charge is 0.335 e. The van der Waals surface area contributed by atoms with Crippen molar-refractivity contribution in [2.24, 2.45) is 0 Å². The molecule has 226 valence electrons. The standard InChI is InChI=1S/C35H28F2N4O4/c1-44-15-14-41-32-18-24(35(42)43)11-12-31(32)39-33(41)19-25-17-28(37)26(20-27(25)36)30-9-5-10-34(40-30)45-21-22-6-4-7-23(16-22)29-8-2-3-13-38-29/h2-13,16-18,20H,14-15,19,21H2,1H3,(H,42,43). The number of fused-ring (bicyclic) bond motifs is 1. The summed E-state index contributed by atoms with van der Waals surface area (Å²) < 4.78 is 43.9. The molecule has 10 heteroatoms. The minimum Gasteiger partial charge on any atom is -0.478 e. The molecule has 0 saturated heterocycles. The molecule has 3 aromatic heterocycles. The summed E-state index contributed by atoms with van der Waals surface area (Å²) in [7, 11) is 1.55. The molecular formula is C35H28F2N4O4. The number of ether oxygens (including phenoxy) is 2. The Kier molecular flexibility index (Phi) is 8.56. The Morgan fingerprint density at radius 3 is 2.53 bits per heavy atom. The van der Waals surface area contributed by atoms with Crippen LogP contribution in [0.3, 0.4) is 0 Å². The highest BCUT2D eigenvalue weighted by molar-refractivity contribution is 5.92. The number of rotatable bonds is 11. The van der Waals surface area contributed by atoms with Crippen molar-refractivity contribution < 1.29 is 28.2 Å². The Morgan fingerprint density at radius 2 is 1.73 bits per heavy atom. The van der Waals surface area contributed by atoms with Crippen molar-refractivity contribution in [1.82, 2.24) is 19.5 Å². The number of halogens is 2. The molecule has 0 saturated carbocycles. The Bertz CT molecular complexity index is 2000. The van der Waals surface area contributed by atoms with Gasteiger partial charge in [-0.3, -0.25) is 4.98 Å². The fourth-order valence-corrected chi connectivity index (χ4v) is 5.12. The topological polar surface area (TPSA) is 99.4 Å². The predicted molar refractivity (Wildman–Crippen MR) is 165 cm³/mol. The zero-order valence-corrected chi connectivity index (χ0v) is 24.3. The van der Waals surface area contributed by atoms with Crippen LogP contribution in [0.5, 0.6) is 5.88 Å². The monoisotopic (exact) mass is 606 g/mol. The fraction of sp³-hybridized carbons (Fsp3) is 0.143. The summed E-state index contributed by atoms with van der Waals surface area (Å²) in [6, 6.07) is 25.3. The molecule has 3 aromatic carbocycles. The SMILES string of the molecule is COCCn1c(Cc2cc(F)c(-c3cccc(OCc4cccc(-c5ccccn5)c4)n3)cc2F)nc2ccc(C(=O)O)cc21. The maximum absolute atomic E-state index is 15.5. The van der Waals surface area contributed by atoms with E-state index in [4.69, 9.17) is 9.47 Å². The lowest BCUT2D eigenvalue weighted by molar-refractivity contribution is 0.0697. The second-order valence-corrected chi connectivity index (χ2v) is 10.3. The molecule has 0 spiro atoms. The largest absolute Gasteiger partial charge is 0.478 e. The Morgan fingerprint density at radius 1 is 0.889 bits per heavy atom. The van der Waals surface area contributed by atoms with Gasteiger partial charge in [0, 0.05) is 43.5 Å². The zero-order valence-electron chi connectivity index (χ0n) is 24.3. The molecule has 0 bridgehead atoms. The van der Waals surface area contributed by atoms with Crippen LogP contribution in [0.4, 0.5) is 8.78 Å². The van der Waals surface area contributed by atoms with Gasteiger partial charge in [0.1, 0.15) is 24.1 Å². The van der Waals surface area contributed by atoms with E-state index in [1.54, 1.807) is 42.1 Å². The van der Waals surface area contributed by atoms with Crippen molar-refractivity contribution in [3.05, 3.63) is 131 Å². The van der Waals surface area contributed by atoms with Gasteiger partial charge in [-0.2, -0.15) is 0 Å². The van der Waals surface area contributed by atoms with Crippen molar-refractivity contribution in [2.75, 3.05) is 13.7 Å².